The molecule has 0 unspecified atom stereocenters. The minimum Gasteiger partial charge on any atom is -0.478 e. The molecule has 92 valence electrons. The van der Waals surface area contributed by atoms with Gasteiger partial charge in [0.15, 0.2) is 0 Å². The maximum absolute atomic E-state index is 10.9. The van der Waals surface area contributed by atoms with Gasteiger partial charge in [-0.05, 0) is 18.4 Å². The Bertz CT molecular complexity index is 419. The number of aromatic carboxylic acids is 1. The SMILES string of the molecule is O=C(O)c1cc(NCCC2CCC2)ncc1Cl. The van der Waals surface area contributed by atoms with Crippen LogP contribution in [0.3, 0.4) is 0 Å². The summed E-state index contributed by atoms with van der Waals surface area (Å²) in [5.41, 5.74) is 0.0906. The Morgan fingerprint density at radius 2 is 2.35 bits per heavy atom. The molecule has 0 spiro atoms. The summed E-state index contributed by atoms with van der Waals surface area (Å²) >= 11 is 5.74. The molecule has 0 bridgehead atoms. The van der Waals surface area contributed by atoms with E-state index < -0.39 is 5.97 Å². The molecule has 0 atom stereocenters. The second kappa shape index (κ2) is 5.36. The van der Waals surface area contributed by atoms with E-state index in [2.05, 4.69) is 10.3 Å². The van der Waals surface area contributed by atoms with Gasteiger partial charge in [-0.2, -0.15) is 0 Å². The minimum absolute atomic E-state index is 0.0906. The summed E-state index contributed by atoms with van der Waals surface area (Å²) in [6.07, 6.45) is 6.46. The summed E-state index contributed by atoms with van der Waals surface area (Å²) in [5.74, 6) is 0.374. The maximum Gasteiger partial charge on any atom is 0.337 e. The van der Waals surface area contributed by atoms with Crippen molar-refractivity contribution in [3.05, 3.63) is 22.8 Å². The van der Waals surface area contributed by atoms with Crippen LogP contribution in [0.1, 0.15) is 36.0 Å². The van der Waals surface area contributed by atoms with Crippen LogP contribution in [0.2, 0.25) is 5.02 Å². The minimum atomic E-state index is -1.03. The van der Waals surface area contributed by atoms with Crippen molar-refractivity contribution >= 4 is 23.4 Å². The highest BCUT2D eigenvalue weighted by molar-refractivity contribution is 6.33. The lowest BCUT2D eigenvalue weighted by atomic mass is 9.83. The van der Waals surface area contributed by atoms with Crippen molar-refractivity contribution in [2.75, 3.05) is 11.9 Å². The molecule has 1 aromatic heterocycles. The zero-order chi connectivity index (χ0) is 12.3. The van der Waals surface area contributed by atoms with Gasteiger partial charge in [-0.25, -0.2) is 9.78 Å². The first-order valence-corrected chi connectivity index (χ1v) is 6.17. The van der Waals surface area contributed by atoms with Gasteiger partial charge in [-0.15, -0.1) is 0 Å². The van der Waals surface area contributed by atoms with E-state index in [1.54, 1.807) is 0 Å². The third-order valence-electron chi connectivity index (χ3n) is 3.17. The molecule has 0 aromatic carbocycles. The van der Waals surface area contributed by atoms with E-state index >= 15 is 0 Å². The van der Waals surface area contributed by atoms with Crippen LogP contribution in [0.25, 0.3) is 0 Å². The third kappa shape index (κ3) is 3.09. The Hall–Kier alpha value is -1.29. The molecule has 1 heterocycles. The molecule has 0 saturated heterocycles. The third-order valence-corrected chi connectivity index (χ3v) is 3.47. The van der Waals surface area contributed by atoms with Crippen LogP contribution in [-0.4, -0.2) is 22.6 Å². The van der Waals surface area contributed by atoms with Crippen molar-refractivity contribution in [1.29, 1.82) is 0 Å². The molecule has 1 saturated carbocycles. The smallest absolute Gasteiger partial charge is 0.337 e. The van der Waals surface area contributed by atoms with Gasteiger partial charge in [0.05, 0.1) is 10.6 Å². The number of nitrogens with zero attached hydrogens (tertiary/aromatic N) is 1. The monoisotopic (exact) mass is 254 g/mol. The maximum atomic E-state index is 10.9. The van der Waals surface area contributed by atoms with E-state index in [0.717, 1.165) is 18.9 Å². The van der Waals surface area contributed by atoms with Crippen molar-refractivity contribution in [2.45, 2.75) is 25.7 Å². The fraction of sp³-hybridized carbons (Fsp3) is 0.500. The number of carbonyl (C=O) groups is 1. The zero-order valence-corrected chi connectivity index (χ0v) is 10.2. The van der Waals surface area contributed by atoms with Crippen LogP contribution in [-0.2, 0) is 0 Å². The predicted molar refractivity (Wildman–Crippen MR) is 66.7 cm³/mol. The van der Waals surface area contributed by atoms with E-state index in [9.17, 15) is 4.79 Å². The molecular weight excluding hydrogens is 240 g/mol. The molecule has 5 heteroatoms. The van der Waals surface area contributed by atoms with Crippen molar-refractivity contribution in [3.8, 4) is 0 Å². The molecule has 0 amide bonds. The standard InChI is InChI=1S/C12H15ClN2O2/c13-10-7-15-11(6-9(10)12(16)17)14-5-4-8-2-1-3-8/h6-8H,1-5H2,(H,14,15)(H,16,17). The predicted octanol–water partition coefficient (Wildman–Crippen LogP) is 3.04. The Kier molecular flexibility index (Phi) is 3.84. The second-order valence-corrected chi connectivity index (χ2v) is 4.77. The lowest BCUT2D eigenvalue weighted by Gasteiger charge is -2.25. The topological polar surface area (TPSA) is 62.2 Å². The average molecular weight is 255 g/mol. The van der Waals surface area contributed by atoms with Gasteiger partial charge in [0.2, 0.25) is 0 Å². The number of carboxylic acid groups (broad SMARTS) is 1. The van der Waals surface area contributed by atoms with Gasteiger partial charge < -0.3 is 10.4 Å². The largest absolute Gasteiger partial charge is 0.478 e. The molecule has 4 nitrogen and oxygen atoms in total. The summed E-state index contributed by atoms with van der Waals surface area (Å²) in [6.45, 7) is 0.832. The Labute approximate surface area is 105 Å². The van der Waals surface area contributed by atoms with Crippen molar-refractivity contribution in [2.24, 2.45) is 5.92 Å². The highest BCUT2D eigenvalue weighted by Gasteiger charge is 2.16. The number of anilines is 1. The molecule has 2 N–H and O–H groups in total. The molecule has 0 aliphatic heterocycles. The summed E-state index contributed by atoms with van der Waals surface area (Å²) in [7, 11) is 0. The number of nitrogens with one attached hydrogen (secondary N) is 1. The highest BCUT2D eigenvalue weighted by Crippen LogP contribution is 2.29. The molecule has 1 aliphatic carbocycles. The molecule has 2 rings (SSSR count). The van der Waals surface area contributed by atoms with Gasteiger partial charge in [0, 0.05) is 12.7 Å². The number of aromatic nitrogens is 1. The van der Waals surface area contributed by atoms with E-state index in [-0.39, 0.29) is 10.6 Å². The number of hydrogen-bond donors (Lipinski definition) is 2. The number of hydrogen-bond acceptors (Lipinski definition) is 3. The van der Waals surface area contributed by atoms with E-state index in [1.165, 1.54) is 31.5 Å². The van der Waals surface area contributed by atoms with Gasteiger partial charge in [0.1, 0.15) is 5.82 Å². The number of pyridine rings is 1. The van der Waals surface area contributed by atoms with Crippen LogP contribution in [0.5, 0.6) is 0 Å². The first-order valence-electron chi connectivity index (χ1n) is 5.79. The number of rotatable bonds is 5. The highest BCUT2D eigenvalue weighted by atomic mass is 35.5. The fourth-order valence-corrected chi connectivity index (χ4v) is 2.07. The van der Waals surface area contributed by atoms with Crippen molar-refractivity contribution < 1.29 is 9.90 Å². The summed E-state index contributed by atoms with van der Waals surface area (Å²) in [6, 6.07) is 1.48. The van der Waals surface area contributed by atoms with Crippen LogP contribution in [0.15, 0.2) is 12.3 Å². The molecule has 1 aliphatic rings. The zero-order valence-electron chi connectivity index (χ0n) is 9.45. The Morgan fingerprint density at radius 1 is 1.59 bits per heavy atom. The van der Waals surface area contributed by atoms with Crippen LogP contribution < -0.4 is 5.32 Å². The van der Waals surface area contributed by atoms with Crippen LogP contribution in [0.4, 0.5) is 5.82 Å². The van der Waals surface area contributed by atoms with Crippen molar-refractivity contribution in [1.82, 2.24) is 4.98 Å². The summed E-state index contributed by atoms with van der Waals surface area (Å²) < 4.78 is 0. The van der Waals surface area contributed by atoms with E-state index in [0.29, 0.717) is 5.82 Å². The average Bonchev–Trinajstić information content (AvgIpc) is 2.23. The van der Waals surface area contributed by atoms with E-state index in [1.807, 2.05) is 0 Å². The molecule has 17 heavy (non-hydrogen) atoms. The van der Waals surface area contributed by atoms with Gasteiger partial charge in [-0.3, -0.25) is 0 Å². The lowest BCUT2D eigenvalue weighted by Crippen LogP contribution is -2.16. The molecule has 1 aromatic rings. The first-order chi connectivity index (χ1) is 8.16. The number of halogens is 1. The second-order valence-electron chi connectivity index (χ2n) is 4.37. The summed E-state index contributed by atoms with van der Waals surface area (Å²) in [4.78, 5) is 14.9. The van der Waals surface area contributed by atoms with Crippen LogP contribution in [0, 0.1) is 5.92 Å². The van der Waals surface area contributed by atoms with Crippen molar-refractivity contribution in [3.63, 3.8) is 0 Å². The molecule has 0 radical (unpaired) electrons. The molecule has 1 fully saturated rings. The van der Waals surface area contributed by atoms with Gasteiger partial charge >= 0.3 is 5.97 Å². The van der Waals surface area contributed by atoms with E-state index in [4.69, 9.17) is 16.7 Å². The van der Waals surface area contributed by atoms with Gasteiger partial charge in [0.25, 0.3) is 0 Å². The molecular formula is C12H15ClN2O2. The lowest BCUT2D eigenvalue weighted by molar-refractivity contribution is 0.0697. The normalized spacial score (nSPS) is 15.4. The Morgan fingerprint density at radius 3 is 2.94 bits per heavy atom. The summed E-state index contributed by atoms with van der Waals surface area (Å²) in [5, 5.41) is 12.2. The Balaban J connectivity index is 1.91. The van der Waals surface area contributed by atoms with Crippen LogP contribution >= 0.6 is 11.6 Å². The number of carboxylic acids is 1. The fourth-order valence-electron chi connectivity index (χ4n) is 1.89. The quantitative estimate of drug-likeness (QED) is 0.848. The van der Waals surface area contributed by atoms with Gasteiger partial charge in [-0.1, -0.05) is 30.9 Å². The first kappa shape index (κ1) is 12.2.